The Morgan fingerprint density at radius 2 is 1.52 bits per heavy atom. The van der Waals surface area contributed by atoms with Crippen LogP contribution >= 0.6 is 0 Å². The van der Waals surface area contributed by atoms with Crippen LogP contribution in [0, 0.1) is 5.82 Å². The summed E-state index contributed by atoms with van der Waals surface area (Å²) in [6, 6.07) is 12.9. The second-order valence-electron chi connectivity index (χ2n) is 5.30. The van der Waals surface area contributed by atoms with E-state index in [4.69, 9.17) is 0 Å². The summed E-state index contributed by atoms with van der Waals surface area (Å²) in [4.78, 5) is -0.191. The van der Waals surface area contributed by atoms with Crippen molar-refractivity contribution >= 4 is 26.5 Å². The molecule has 3 rings (SSSR count). The zero-order valence-corrected chi connectivity index (χ0v) is 13.3. The highest BCUT2D eigenvalue weighted by Gasteiger charge is 2.35. The Kier molecular flexibility index (Phi) is 4.16. The summed E-state index contributed by atoms with van der Waals surface area (Å²) in [5.41, 5.74) is -2.13. The van der Waals surface area contributed by atoms with E-state index in [0.717, 1.165) is 17.5 Å². The Balaban J connectivity index is 2.04. The summed E-state index contributed by atoms with van der Waals surface area (Å²) in [7, 11) is -4.27. The maximum absolute atomic E-state index is 13.1. The van der Waals surface area contributed by atoms with Crippen LogP contribution in [0.5, 0.6) is 0 Å². The van der Waals surface area contributed by atoms with E-state index in [1.807, 2.05) is 4.72 Å². The molecule has 3 aromatic carbocycles. The molecule has 0 aliphatic heterocycles. The van der Waals surface area contributed by atoms with Gasteiger partial charge in [-0.15, -0.1) is 0 Å². The smallest absolute Gasteiger partial charge is 0.279 e. The number of sulfonamides is 1. The molecule has 25 heavy (non-hydrogen) atoms. The largest absolute Gasteiger partial charge is 0.418 e. The van der Waals surface area contributed by atoms with Crippen molar-refractivity contribution in [2.45, 2.75) is 11.1 Å². The summed E-state index contributed by atoms with van der Waals surface area (Å²) in [5, 5.41) is 1.42. The number of halogens is 4. The fourth-order valence-corrected chi connectivity index (χ4v) is 3.49. The summed E-state index contributed by atoms with van der Waals surface area (Å²) in [6.45, 7) is 0. The minimum atomic E-state index is -4.90. The molecule has 0 aromatic heterocycles. The molecule has 0 fully saturated rings. The number of fused-ring (bicyclic) bond motifs is 1. The van der Waals surface area contributed by atoms with Crippen molar-refractivity contribution < 1.29 is 26.0 Å². The second-order valence-corrected chi connectivity index (χ2v) is 6.98. The zero-order valence-electron chi connectivity index (χ0n) is 12.5. The van der Waals surface area contributed by atoms with E-state index in [9.17, 15) is 26.0 Å². The van der Waals surface area contributed by atoms with Crippen molar-refractivity contribution in [1.82, 2.24) is 0 Å². The normalized spacial score (nSPS) is 12.3. The van der Waals surface area contributed by atoms with Gasteiger partial charge in [-0.3, -0.25) is 4.72 Å². The van der Waals surface area contributed by atoms with E-state index < -0.39 is 33.3 Å². The van der Waals surface area contributed by atoms with Crippen LogP contribution in [0.25, 0.3) is 10.8 Å². The van der Waals surface area contributed by atoms with Crippen molar-refractivity contribution in [3.05, 3.63) is 72.0 Å². The first kappa shape index (κ1) is 17.2. The van der Waals surface area contributed by atoms with Gasteiger partial charge in [0.1, 0.15) is 5.82 Å². The third kappa shape index (κ3) is 3.58. The minimum Gasteiger partial charge on any atom is -0.279 e. The molecule has 3 nitrogen and oxygen atoms in total. The van der Waals surface area contributed by atoms with E-state index in [0.29, 0.717) is 5.39 Å². The van der Waals surface area contributed by atoms with Crippen LogP contribution in [0.4, 0.5) is 23.2 Å². The molecular weight excluding hydrogens is 358 g/mol. The summed E-state index contributed by atoms with van der Waals surface area (Å²) in [5.74, 6) is -1.11. The Morgan fingerprint density at radius 3 is 2.20 bits per heavy atom. The highest BCUT2D eigenvalue weighted by Crippen LogP contribution is 2.36. The average Bonchev–Trinajstić information content (AvgIpc) is 2.55. The molecule has 0 amide bonds. The topological polar surface area (TPSA) is 46.2 Å². The highest BCUT2D eigenvalue weighted by atomic mass is 32.2. The molecule has 0 bridgehead atoms. The fraction of sp³-hybridized carbons (Fsp3) is 0.0588. The molecule has 0 saturated heterocycles. The van der Waals surface area contributed by atoms with E-state index in [2.05, 4.69) is 0 Å². The molecule has 1 N–H and O–H groups in total. The lowest BCUT2D eigenvalue weighted by molar-refractivity contribution is -0.137. The SMILES string of the molecule is O=S(=O)(Nc1ccc(F)cc1C(F)(F)F)c1ccc2ccccc2c1. The van der Waals surface area contributed by atoms with Crippen molar-refractivity contribution in [1.29, 1.82) is 0 Å². The number of hydrogen-bond donors (Lipinski definition) is 1. The maximum Gasteiger partial charge on any atom is 0.418 e. The molecular formula is C17H11F4NO2S. The molecule has 130 valence electrons. The summed E-state index contributed by atoms with van der Waals surface area (Å²) in [6.07, 6.45) is -4.90. The van der Waals surface area contributed by atoms with E-state index in [1.54, 1.807) is 30.3 Å². The Bertz CT molecular complexity index is 1050. The van der Waals surface area contributed by atoms with Crippen molar-refractivity contribution in [2.75, 3.05) is 4.72 Å². The lowest BCUT2D eigenvalue weighted by Crippen LogP contribution is -2.17. The lowest BCUT2D eigenvalue weighted by Gasteiger charge is -2.15. The molecule has 0 atom stereocenters. The molecule has 0 heterocycles. The first-order chi connectivity index (χ1) is 11.7. The van der Waals surface area contributed by atoms with Crippen molar-refractivity contribution in [3.63, 3.8) is 0 Å². The van der Waals surface area contributed by atoms with Crippen molar-refractivity contribution in [2.24, 2.45) is 0 Å². The Labute approximate surface area is 141 Å². The van der Waals surface area contributed by atoms with Gasteiger partial charge in [0.05, 0.1) is 16.1 Å². The van der Waals surface area contributed by atoms with Gasteiger partial charge in [-0.25, -0.2) is 12.8 Å². The maximum atomic E-state index is 13.1. The Morgan fingerprint density at radius 1 is 0.840 bits per heavy atom. The van der Waals surface area contributed by atoms with Crippen LogP contribution in [-0.4, -0.2) is 8.42 Å². The van der Waals surface area contributed by atoms with Crippen LogP contribution in [-0.2, 0) is 16.2 Å². The monoisotopic (exact) mass is 369 g/mol. The molecule has 0 unspecified atom stereocenters. The van der Waals surface area contributed by atoms with Gasteiger partial charge in [0.25, 0.3) is 10.0 Å². The van der Waals surface area contributed by atoms with Gasteiger partial charge in [0.15, 0.2) is 0 Å². The number of rotatable bonds is 3. The van der Waals surface area contributed by atoms with E-state index in [1.165, 1.54) is 12.1 Å². The number of alkyl halides is 3. The first-order valence-corrected chi connectivity index (χ1v) is 8.53. The van der Waals surface area contributed by atoms with Crippen LogP contribution in [0.1, 0.15) is 5.56 Å². The van der Waals surface area contributed by atoms with Crippen molar-refractivity contribution in [3.8, 4) is 0 Å². The van der Waals surface area contributed by atoms with Gasteiger partial charge in [-0.2, -0.15) is 13.2 Å². The van der Waals surface area contributed by atoms with Gasteiger partial charge in [-0.05, 0) is 41.1 Å². The molecule has 0 spiro atoms. The van der Waals surface area contributed by atoms with E-state index in [-0.39, 0.29) is 11.0 Å². The lowest BCUT2D eigenvalue weighted by atomic mass is 10.1. The number of hydrogen-bond acceptors (Lipinski definition) is 2. The number of benzene rings is 3. The number of anilines is 1. The quantitative estimate of drug-likeness (QED) is 0.674. The summed E-state index contributed by atoms with van der Waals surface area (Å²) < 4.78 is 78.9. The van der Waals surface area contributed by atoms with Gasteiger partial charge in [0, 0.05) is 0 Å². The summed E-state index contributed by atoms with van der Waals surface area (Å²) >= 11 is 0. The first-order valence-electron chi connectivity index (χ1n) is 7.05. The van der Waals surface area contributed by atoms with E-state index >= 15 is 0 Å². The van der Waals surface area contributed by atoms with Gasteiger partial charge < -0.3 is 0 Å². The molecule has 8 heteroatoms. The molecule has 3 aromatic rings. The molecule has 0 radical (unpaired) electrons. The highest BCUT2D eigenvalue weighted by molar-refractivity contribution is 7.92. The fourth-order valence-electron chi connectivity index (χ4n) is 2.38. The Hall–Kier alpha value is -2.61. The predicted octanol–water partition coefficient (Wildman–Crippen LogP) is 4.80. The van der Waals surface area contributed by atoms with Crippen LogP contribution in [0.15, 0.2) is 65.6 Å². The van der Waals surface area contributed by atoms with Gasteiger partial charge >= 0.3 is 6.18 Å². The second kappa shape index (κ2) is 6.03. The average molecular weight is 369 g/mol. The van der Waals surface area contributed by atoms with Gasteiger partial charge in [0.2, 0.25) is 0 Å². The number of nitrogens with one attached hydrogen (secondary N) is 1. The van der Waals surface area contributed by atoms with Crippen LogP contribution < -0.4 is 4.72 Å². The minimum absolute atomic E-state index is 0.191. The third-order valence-corrected chi connectivity index (χ3v) is 4.93. The molecule has 0 aliphatic carbocycles. The third-order valence-electron chi connectivity index (χ3n) is 3.56. The molecule has 0 aliphatic rings. The molecule has 0 saturated carbocycles. The zero-order chi connectivity index (χ0) is 18.2. The van der Waals surface area contributed by atoms with Crippen LogP contribution in [0.3, 0.4) is 0 Å². The standard InChI is InChI=1S/C17H11F4NO2S/c18-13-6-8-16(15(10-13)17(19,20)21)22-25(23,24)14-7-5-11-3-1-2-4-12(11)9-14/h1-10,22H. The van der Waals surface area contributed by atoms with Crippen LogP contribution in [0.2, 0.25) is 0 Å². The predicted molar refractivity (Wildman–Crippen MR) is 86.2 cm³/mol. The van der Waals surface area contributed by atoms with Gasteiger partial charge in [-0.1, -0.05) is 30.3 Å².